The zero-order chi connectivity index (χ0) is 24.8. The number of piperidine rings is 1. The van der Waals surface area contributed by atoms with Crippen LogP contribution < -0.4 is 10.2 Å². The topological polar surface area (TPSA) is 84.4 Å². The minimum atomic E-state index is -4.55. The van der Waals surface area contributed by atoms with Crippen molar-refractivity contribution in [1.82, 2.24) is 9.97 Å². The summed E-state index contributed by atoms with van der Waals surface area (Å²) in [7, 11) is 0. The van der Waals surface area contributed by atoms with E-state index >= 15 is 0 Å². The van der Waals surface area contributed by atoms with Gasteiger partial charge in [-0.25, -0.2) is 9.97 Å². The number of nitrogens with one attached hydrogen (secondary N) is 1. The van der Waals surface area contributed by atoms with E-state index in [4.69, 9.17) is 4.74 Å². The van der Waals surface area contributed by atoms with Gasteiger partial charge >= 0.3 is 12.1 Å². The Labute approximate surface area is 200 Å². The van der Waals surface area contributed by atoms with Gasteiger partial charge in [0, 0.05) is 36.7 Å². The summed E-state index contributed by atoms with van der Waals surface area (Å²) in [6.07, 6.45) is -1.37. The van der Waals surface area contributed by atoms with Crippen molar-refractivity contribution in [3.8, 4) is 0 Å². The van der Waals surface area contributed by atoms with Crippen molar-refractivity contribution in [2.45, 2.75) is 25.1 Å². The normalized spacial score (nSPS) is 16.9. The number of hydrogen-bond acceptors (Lipinski definition) is 6. The molecule has 1 aliphatic rings. The molecule has 0 bridgehead atoms. The highest BCUT2D eigenvalue weighted by Gasteiger charge is 2.34. The van der Waals surface area contributed by atoms with E-state index in [1.165, 1.54) is 12.1 Å². The van der Waals surface area contributed by atoms with Gasteiger partial charge in [-0.1, -0.05) is 36.4 Å². The smallest absolute Gasteiger partial charge is 0.416 e. The van der Waals surface area contributed by atoms with Crippen LogP contribution >= 0.6 is 0 Å². The van der Waals surface area contributed by atoms with Crippen molar-refractivity contribution in [3.05, 3.63) is 84.2 Å². The van der Waals surface area contributed by atoms with Crippen molar-refractivity contribution in [2.24, 2.45) is 5.92 Å². The Morgan fingerprint density at radius 1 is 1.03 bits per heavy atom. The van der Waals surface area contributed by atoms with Crippen LogP contribution in [-0.4, -0.2) is 34.9 Å². The second-order valence-electron chi connectivity index (χ2n) is 8.13. The van der Waals surface area contributed by atoms with Gasteiger partial charge in [-0.2, -0.15) is 13.2 Å². The Kier molecular flexibility index (Phi) is 7.28. The number of nitrogens with zero attached hydrogens (tertiary/aromatic N) is 3. The van der Waals surface area contributed by atoms with Crippen molar-refractivity contribution in [2.75, 3.05) is 23.3 Å². The van der Waals surface area contributed by atoms with E-state index in [2.05, 4.69) is 15.3 Å². The summed E-state index contributed by atoms with van der Waals surface area (Å²) in [6.45, 7) is 1.02. The van der Waals surface area contributed by atoms with Gasteiger partial charge in [0.25, 0.3) is 5.91 Å². The molecular weight excluding hydrogens is 461 g/mol. The maximum absolute atomic E-state index is 13.1. The second kappa shape index (κ2) is 10.5. The SMILES string of the molecule is O=C(OC(C(=O)Nc1cccc(C(F)(F)F)c1)c1ccccc1)C1CCCN(c2ncccn2)C1. The van der Waals surface area contributed by atoms with Crippen LogP contribution in [-0.2, 0) is 20.5 Å². The van der Waals surface area contributed by atoms with Crippen LogP contribution in [0, 0.1) is 5.92 Å². The fourth-order valence-corrected chi connectivity index (χ4v) is 3.90. The van der Waals surface area contributed by atoms with Crippen LogP contribution in [0.1, 0.15) is 30.1 Å². The summed E-state index contributed by atoms with van der Waals surface area (Å²) in [6, 6.07) is 14.3. The molecule has 3 aromatic rings. The lowest BCUT2D eigenvalue weighted by Crippen LogP contribution is -2.41. The molecule has 35 heavy (non-hydrogen) atoms. The molecule has 1 aliphatic heterocycles. The first kappa shape index (κ1) is 24.2. The number of ether oxygens (including phenoxy) is 1. The van der Waals surface area contributed by atoms with E-state index in [9.17, 15) is 22.8 Å². The molecule has 2 aromatic carbocycles. The minimum absolute atomic E-state index is 0.0492. The Morgan fingerprint density at radius 3 is 2.49 bits per heavy atom. The summed E-state index contributed by atoms with van der Waals surface area (Å²) in [5.41, 5.74) is -0.537. The molecule has 182 valence electrons. The number of amides is 1. The molecule has 2 heterocycles. The first-order valence-corrected chi connectivity index (χ1v) is 11.1. The number of benzene rings is 2. The third kappa shape index (κ3) is 6.14. The van der Waals surface area contributed by atoms with Crippen molar-refractivity contribution in [1.29, 1.82) is 0 Å². The average molecular weight is 484 g/mol. The highest BCUT2D eigenvalue weighted by molar-refractivity contribution is 5.96. The summed E-state index contributed by atoms with van der Waals surface area (Å²) < 4.78 is 44.8. The molecule has 1 aromatic heterocycles. The van der Waals surface area contributed by atoms with Gasteiger partial charge in [-0.15, -0.1) is 0 Å². The van der Waals surface area contributed by atoms with Crippen molar-refractivity contribution >= 4 is 23.5 Å². The van der Waals surface area contributed by atoms with E-state index in [0.717, 1.165) is 12.1 Å². The van der Waals surface area contributed by atoms with Gasteiger partial charge < -0.3 is 15.0 Å². The Balaban J connectivity index is 1.50. The summed E-state index contributed by atoms with van der Waals surface area (Å²) in [4.78, 5) is 36.5. The van der Waals surface area contributed by atoms with E-state index < -0.39 is 35.6 Å². The number of anilines is 2. The molecule has 1 fully saturated rings. The first-order valence-electron chi connectivity index (χ1n) is 11.1. The summed E-state index contributed by atoms with van der Waals surface area (Å²) in [5.74, 6) is -1.33. The largest absolute Gasteiger partial charge is 0.447 e. The zero-order valence-electron chi connectivity index (χ0n) is 18.6. The molecule has 1 saturated heterocycles. The molecule has 1 N–H and O–H groups in total. The Morgan fingerprint density at radius 2 is 1.77 bits per heavy atom. The van der Waals surface area contributed by atoms with Crippen molar-refractivity contribution < 1.29 is 27.5 Å². The second-order valence-corrected chi connectivity index (χ2v) is 8.13. The van der Waals surface area contributed by atoms with Crippen LogP contribution in [0.25, 0.3) is 0 Å². The van der Waals surface area contributed by atoms with Gasteiger partial charge in [0.2, 0.25) is 12.1 Å². The van der Waals surface area contributed by atoms with Gasteiger partial charge in [0.1, 0.15) is 0 Å². The molecule has 2 atom stereocenters. The number of esters is 1. The number of alkyl halides is 3. The first-order chi connectivity index (χ1) is 16.8. The average Bonchev–Trinajstić information content (AvgIpc) is 2.88. The van der Waals surface area contributed by atoms with E-state index in [0.29, 0.717) is 37.4 Å². The monoisotopic (exact) mass is 484 g/mol. The highest BCUT2D eigenvalue weighted by atomic mass is 19.4. The van der Waals surface area contributed by atoms with Gasteiger partial charge in [0.15, 0.2) is 0 Å². The van der Waals surface area contributed by atoms with Crippen molar-refractivity contribution in [3.63, 3.8) is 0 Å². The predicted molar refractivity (Wildman–Crippen MR) is 122 cm³/mol. The van der Waals surface area contributed by atoms with Crippen LogP contribution in [0.2, 0.25) is 0 Å². The Bertz CT molecular complexity index is 1160. The summed E-state index contributed by atoms with van der Waals surface area (Å²) in [5, 5.41) is 2.45. The molecule has 0 spiro atoms. The number of halogens is 3. The quantitative estimate of drug-likeness (QED) is 0.514. The highest BCUT2D eigenvalue weighted by Crippen LogP contribution is 2.31. The maximum Gasteiger partial charge on any atom is 0.416 e. The molecule has 10 heteroatoms. The summed E-state index contributed by atoms with van der Waals surface area (Å²) >= 11 is 0. The molecule has 4 rings (SSSR count). The third-order valence-corrected chi connectivity index (χ3v) is 5.62. The number of carbonyl (C=O) groups is 2. The van der Waals surface area contributed by atoms with E-state index in [-0.39, 0.29) is 5.69 Å². The molecule has 0 aliphatic carbocycles. The molecular formula is C25H23F3N4O3. The standard InChI is InChI=1S/C25H23F3N4O3/c26-25(27,28)19-10-4-11-20(15-19)31-22(33)21(17-7-2-1-3-8-17)35-23(34)18-9-5-14-32(16-18)24-29-12-6-13-30-24/h1-4,6-8,10-13,15,18,21H,5,9,14,16H2,(H,31,33). The molecule has 2 unspecified atom stereocenters. The number of carbonyl (C=O) groups excluding carboxylic acids is 2. The fraction of sp³-hybridized carbons (Fsp3) is 0.280. The lowest BCUT2D eigenvalue weighted by Gasteiger charge is -2.32. The van der Waals surface area contributed by atoms with E-state index in [1.54, 1.807) is 48.8 Å². The lowest BCUT2D eigenvalue weighted by molar-refractivity contribution is -0.159. The minimum Gasteiger partial charge on any atom is -0.447 e. The van der Waals surface area contributed by atoms with Gasteiger partial charge in [0.05, 0.1) is 11.5 Å². The van der Waals surface area contributed by atoms with E-state index in [1.807, 2.05) is 4.90 Å². The Hall–Kier alpha value is -3.95. The number of rotatable bonds is 6. The zero-order valence-corrected chi connectivity index (χ0v) is 18.6. The lowest BCUT2D eigenvalue weighted by atomic mass is 9.98. The molecule has 7 nitrogen and oxygen atoms in total. The van der Waals surface area contributed by atoms with Crippen LogP contribution in [0.4, 0.5) is 24.8 Å². The molecule has 0 radical (unpaired) electrons. The predicted octanol–water partition coefficient (Wildman–Crippen LogP) is 4.64. The molecule has 0 saturated carbocycles. The fourth-order valence-electron chi connectivity index (χ4n) is 3.90. The van der Waals surface area contributed by atoms with Crippen LogP contribution in [0.15, 0.2) is 73.1 Å². The van der Waals surface area contributed by atoms with Crippen LogP contribution in [0.3, 0.4) is 0 Å². The van der Waals surface area contributed by atoms with Gasteiger partial charge in [-0.3, -0.25) is 9.59 Å². The third-order valence-electron chi connectivity index (χ3n) is 5.62. The number of aromatic nitrogens is 2. The molecule has 1 amide bonds. The number of hydrogen-bond donors (Lipinski definition) is 1. The van der Waals surface area contributed by atoms with Gasteiger partial charge in [-0.05, 0) is 37.1 Å². The maximum atomic E-state index is 13.1. The van der Waals surface area contributed by atoms with Crippen LogP contribution in [0.5, 0.6) is 0 Å².